The third kappa shape index (κ3) is 3.35. The highest BCUT2D eigenvalue weighted by Crippen LogP contribution is 2.63. The number of halogens is 5. The number of hydrogen-bond donors (Lipinski definition) is 1. The largest absolute Gasteiger partial charge is 0.475 e. The molecule has 27 heavy (non-hydrogen) atoms. The Morgan fingerprint density at radius 3 is 2.67 bits per heavy atom. The predicted molar refractivity (Wildman–Crippen MR) is 77.6 cm³/mol. The Kier molecular flexibility index (Phi) is 5.05. The van der Waals surface area contributed by atoms with Crippen LogP contribution in [-0.2, 0) is 22.9 Å². The molecule has 0 aromatic rings. The van der Waals surface area contributed by atoms with Gasteiger partial charge in [-0.15, -0.1) is 0 Å². The average molecular weight is 422 g/mol. The molecule has 3 aliphatic rings. The van der Waals surface area contributed by atoms with Crippen LogP contribution in [0.4, 0.5) is 26.7 Å². The third-order valence-electron chi connectivity index (χ3n) is 4.02. The second-order valence-corrected chi connectivity index (χ2v) is 7.98. The van der Waals surface area contributed by atoms with Crippen LogP contribution in [0.25, 0.3) is 0 Å². The lowest BCUT2D eigenvalue weighted by Crippen LogP contribution is -2.58. The molecule has 0 spiro atoms. The first kappa shape index (κ1) is 20.5. The van der Waals surface area contributed by atoms with Crippen LogP contribution in [0.3, 0.4) is 0 Å². The number of nitrogens with one attached hydrogen (secondary N) is 1. The summed E-state index contributed by atoms with van der Waals surface area (Å²) in [7, 11) is -4.60. The Labute approximate surface area is 150 Å². The van der Waals surface area contributed by atoms with E-state index >= 15 is 0 Å². The van der Waals surface area contributed by atoms with E-state index in [1.54, 1.807) is 0 Å². The number of phosphoric acid groups is 1. The third-order valence-corrected chi connectivity index (χ3v) is 5.61. The molecule has 8 nitrogen and oxygen atoms in total. The van der Waals surface area contributed by atoms with Crippen LogP contribution < -0.4 is 5.32 Å². The van der Waals surface area contributed by atoms with E-state index in [0.29, 0.717) is 6.20 Å². The van der Waals surface area contributed by atoms with E-state index in [1.807, 2.05) is 5.32 Å². The van der Waals surface area contributed by atoms with E-state index in [2.05, 4.69) is 4.52 Å². The fraction of sp³-hybridized carbons (Fsp3) is 0.769. The van der Waals surface area contributed by atoms with Gasteiger partial charge in [0, 0.05) is 6.20 Å². The molecule has 3 aliphatic heterocycles. The number of fused-ring (bicyclic) bond motifs is 1. The normalized spacial score (nSPS) is 38.8. The van der Waals surface area contributed by atoms with E-state index < -0.39 is 69.2 Å². The molecule has 0 aromatic heterocycles. The molecular formula is C13H16F5N2O6P. The number of nitrogens with zero attached hydrogens (tertiary/aromatic N) is 1. The summed E-state index contributed by atoms with van der Waals surface area (Å²) >= 11 is 0. The van der Waals surface area contributed by atoms with Crippen molar-refractivity contribution in [3.63, 3.8) is 0 Å². The van der Waals surface area contributed by atoms with Crippen molar-refractivity contribution in [2.45, 2.75) is 50.2 Å². The first-order valence-electron chi connectivity index (χ1n) is 7.79. The highest BCUT2D eigenvalue weighted by atomic mass is 31.2. The number of alkyl halides is 4. The predicted octanol–water partition coefficient (Wildman–Crippen LogP) is 2.77. The number of ether oxygens (including phenoxy) is 1. The van der Waals surface area contributed by atoms with E-state index in [9.17, 15) is 31.3 Å². The van der Waals surface area contributed by atoms with Gasteiger partial charge in [-0.2, -0.15) is 8.78 Å². The fourth-order valence-electron chi connectivity index (χ4n) is 2.88. The summed E-state index contributed by atoms with van der Waals surface area (Å²) in [6.45, 7) is 1.01. The van der Waals surface area contributed by atoms with Gasteiger partial charge < -0.3 is 10.1 Å². The van der Waals surface area contributed by atoms with E-state index in [1.165, 1.54) is 13.8 Å². The maximum absolute atomic E-state index is 14.9. The Balaban J connectivity index is 1.99. The molecule has 14 heteroatoms. The second kappa shape index (κ2) is 6.66. The smallest absolute Gasteiger partial charge is 0.333 e. The van der Waals surface area contributed by atoms with Gasteiger partial charge in [0.05, 0.1) is 19.3 Å². The van der Waals surface area contributed by atoms with Crippen LogP contribution in [0.15, 0.2) is 12.0 Å². The standard InChI is InChI=1S/C13H16F5N2O6P/c1-6(2)25-27(22)23-5-12(9(15)16)8(26-27)13(17,18)10(24-12)20-4-7(14)3-19-11(20)21/h4,6,8-10H,3,5H2,1-2H3,(H,19,21). The maximum atomic E-state index is 14.9. The summed E-state index contributed by atoms with van der Waals surface area (Å²) in [6, 6.07) is -1.19. The van der Waals surface area contributed by atoms with E-state index in [0.717, 1.165) is 0 Å². The Bertz CT molecular complexity index is 707. The number of hydrogen-bond acceptors (Lipinski definition) is 6. The van der Waals surface area contributed by atoms with Crippen LogP contribution in [0, 0.1) is 0 Å². The summed E-state index contributed by atoms with van der Waals surface area (Å²) in [5, 5.41) is 1.95. The monoisotopic (exact) mass is 422 g/mol. The van der Waals surface area contributed by atoms with Gasteiger partial charge in [-0.25, -0.2) is 22.5 Å². The maximum Gasteiger partial charge on any atom is 0.475 e. The lowest BCUT2D eigenvalue weighted by molar-refractivity contribution is -0.209. The van der Waals surface area contributed by atoms with Gasteiger partial charge in [-0.1, -0.05) is 0 Å². The van der Waals surface area contributed by atoms with Crippen LogP contribution in [-0.4, -0.2) is 60.5 Å². The summed E-state index contributed by atoms with van der Waals surface area (Å²) in [6.07, 6.45) is -9.34. The lowest BCUT2D eigenvalue weighted by atomic mass is 9.95. The number of rotatable bonds is 4. The summed E-state index contributed by atoms with van der Waals surface area (Å²) in [5.41, 5.74) is -3.04. The molecule has 2 saturated heterocycles. The highest BCUT2D eigenvalue weighted by Gasteiger charge is 2.76. The lowest BCUT2D eigenvalue weighted by Gasteiger charge is -2.39. The molecule has 0 bridgehead atoms. The van der Waals surface area contributed by atoms with Crippen LogP contribution in [0.1, 0.15) is 13.8 Å². The molecule has 4 unspecified atom stereocenters. The van der Waals surface area contributed by atoms with Gasteiger partial charge in [0.1, 0.15) is 5.83 Å². The average Bonchev–Trinajstić information content (AvgIpc) is 2.77. The van der Waals surface area contributed by atoms with Crippen molar-refractivity contribution in [3.05, 3.63) is 12.0 Å². The number of carbonyl (C=O) groups excluding carboxylic acids is 1. The van der Waals surface area contributed by atoms with Crippen LogP contribution in [0.2, 0.25) is 0 Å². The molecule has 0 aromatic carbocycles. The minimum atomic E-state index is -4.60. The quantitative estimate of drug-likeness (QED) is 0.554. The van der Waals surface area contributed by atoms with Gasteiger partial charge in [-0.3, -0.25) is 18.5 Å². The number of phosphoric ester groups is 1. The van der Waals surface area contributed by atoms with E-state index in [4.69, 9.17) is 13.8 Å². The molecule has 2 fully saturated rings. The molecule has 154 valence electrons. The molecule has 4 atom stereocenters. The molecular weight excluding hydrogens is 406 g/mol. The topological polar surface area (TPSA) is 86.3 Å². The molecule has 3 heterocycles. The molecule has 0 radical (unpaired) electrons. The Morgan fingerprint density at radius 2 is 2.07 bits per heavy atom. The van der Waals surface area contributed by atoms with Crippen molar-refractivity contribution in [2.24, 2.45) is 0 Å². The molecule has 3 rings (SSSR count). The minimum Gasteiger partial charge on any atom is -0.333 e. The van der Waals surface area contributed by atoms with Crippen LogP contribution >= 0.6 is 7.82 Å². The van der Waals surface area contributed by atoms with Crippen molar-refractivity contribution < 1.29 is 49.6 Å². The van der Waals surface area contributed by atoms with Gasteiger partial charge in [0.25, 0.3) is 6.43 Å². The number of amides is 2. The molecule has 2 amide bonds. The van der Waals surface area contributed by atoms with Gasteiger partial charge >= 0.3 is 19.8 Å². The zero-order chi connectivity index (χ0) is 20.2. The molecule has 0 saturated carbocycles. The van der Waals surface area contributed by atoms with Crippen molar-refractivity contribution >= 4 is 13.9 Å². The highest BCUT2D eigenvalue weighted by molar-refractivity contribution is 7.48. The van der Waals surface area contributed by atoms with Crippen molar-refractivity contribution in [3.8, 4) is 0 Å². The summed E-state index contributed by atoms with van der Waals surface area (Å²) in [5.74, 6) is -5.29. The van der Waals surface area contributed by atoms with Gasteiger partial charge in [0.15, 0.2) is 11.7 Å². The van der Waals surface area contributed by atoms with Crippen LogP contribution in [0.5, 0.6) is 0 Å². The SMILES string of the molecule is CC(C)OP1(=O)OCC2(C(F)F)OC(N3C=C(F)CNC3=O)C(F)(F)C2O1. The van der Waals surface area contributed by atoms with Gasteiger partial charge in [0.2, 0.25) is 6.23 Å². The number of carbonyl (C=O) groups is 1. The number of urea groups is 1. The molecule has 1 N–H and O–H groups in total. The Hall–Kier alpha value is -1.27. The zero-order valence-corrected chi connectivity index (χ0v) is 14.9. The van der Waals surface area contributed by atoms with Gasteiger partial charge in [-0.05, 0) is 13.8 Å². The zero-order valence-electron chi connectivity index (χ0n) is 14.0. The van der Waals surface area contributed by atoms with Crippen molar-refractivity contribution in [2.75, 3.05) is 13.2 Å². The fourth-order valence-corrected chi connectivity index (χ4v) is 4.50. The first-order valence-corrected chi connectivity index (χ1v) is 9.25. The second-order valence-electron chi connectivity index (χ2n) is 6.40. The van der Waals surface area contributed by atoms with Crippen molar-refractivity contribution in [1.29, 1.82) is 0 Å². The first-order chi connectivity index (χ1) is 12.4. The summed E-state index contributed by atoms with van der Waals surface area (Å²) < 4.78 is 102. The molecule has 0 aliphatic carbocycles. The summed E-state index contributed by atoms with van der Waals surface area (Å²) in [4.78, 5) is 11.9. The van der Waals surface area contributed by atoms with Crippen molar-refractivity contribution in [1.82, 2.24) is 10.2 Å². The minimum absolute atomic E-state index is 0.110. The van der Waals surface area contributed by atoms with E-state index in [-0.39, 0.29) is 4.90 Å². The Morgan fingerprint density at radius 1 is 1.41 bits per heavy atom.